The first-order chi connectivity index (χ1) is 22.5. The number of fused-ring (bicyclic) bond motifs is 5. The fourth-order valence-electron chi connectivity index (χ4n) is 7.07. The molecule has 6 aromatic carbocycles. The first-order valence-corrected chi connectivity index (χ1v) is 16.0. The summed E-state index contributed by atoms with van der Waals surface area (Å²) in [5.74, 6) is 0.826. The van der Waals surface area contributed by atoms with Gasteiger partial charge in [0, 0.05) is 10.8 Å². The molecule has 2 unspecified atom stereocenters. The van der Waals surface area contributed by atoms with Crippen molar-refractivity contribution in [3.8, 4) is 22.3 Å². The SMILES string of the molecule is CC1(C)c2cc3ccccc3cc2-c2c(-c3cccc(/C=C/C(NC(N)c4ccccc4)c4cc5ccccc5o4)c3)cccc21. The molecule has 224 valence electrons. The van der Waals surface area contributed by atoms with Gasteiger partial charge in [-0.3, -0.25) is 5.32 Å². The van der Waals surface area contributed by atoms with E-state index in [1.165, 1.54) is 44.2 Å². The number of nitrogens with two attached hydrogens (primary N) is 1. The van der Waals surface area contributed by atoms with Crippen LogP contribution in [0.25, 0.3) is 50.1 Å². The second kappa shape index (κ2) is 11.3. The first kappa shape index (κ1) is 28.3. The Balaban J connectivity index is 1.17. The summed E-state index contributed by atoms with van der Waals surface area (Å²) in [5, 5.41) is 7.22. The van der Waals surface area contributed by atoms with Crippen molar-refractivity contribution in [3.05, 3.63) is 174 Å². The molecule has 0 amide bonds. The van der Waals surface area contributed by atoms with Crippen molar-refractivity contribution in [1.82, 2.24) is 5.32 Å². The van der Waals surface area contributed by atoms with Gasteiger partial charge in [0.2, 0.25) is 0 Å². The summed E-state index contributed by atoms with van der Waals surface area (Å²) in [5.41, 5.74) is 17.5. The predicted molar refractivity (Wildman–Crippen MR) is 191 cm³/mol. The Bertz CT molecular complexity index is 2210. The lowest BCUT2D eigenvalue weighted by molar-refractivity contribution is 0.435. The molecule has 0 fully saturated rings. The van der Waals surface area contributed by atoms with Gasteiger partial charge in [0.1, 0.15) is 11.3 Å². The monoisotopic (exact) mass is 596 g/mol. The molecular weight excluding hydrogens is 560 g/mol. The zero-order valence-corrected chi connectivity index (χ0v) is 26.1. The Morgan fingerprint density at radius 2 is 1.37 bits per heavy atom. The molecule has 0 saturated carbocycles. The molecule has 3 N–H and O–H groups in total. The second-order valence-electron chi connectivity index (χ2n) is 12.8. The average Bonchev–Trinajstić information content (AvgIpc) is 3.62. The Labute approximate surface area is 270 Å². The molecule has 1 aliphatic carbocycles. The lowest BCUT2D eigenvalue weighted by Crippen LogP contribution is -2.31. The molecule has 0 spiro atoms. The van der Waals surface area contributed by atoms with E-state index in [4.69, 9.17) is 10.2 Å². The largest absolute Gasteiger partial charge is 0.459 e. The van der Waals surface area contributed by atoms with Gasteiger partial charge in [-0.15, -0.1) is 0 Å². The summed E-state index contributed by atoms with van der Waals surface area (Å²) in [6, 6.07) is 49.1. The maximum atomic E-state index is 6.66. The van der Waals surface area contributed by atoms with E-state index in [1.54, 1.807) is 0 Å². The van der Waals surface area contributed by atoms with Gasteiger partial charge in [0.15, 0.2) is 0 Å². The molecule has 46 heavy (non-hydrogen) atoms. The molecule has 8 rings (SSSR count). The van der Waals surface area contributed by atoms with Gasteiger partial charge in [0.05, 0.1) is 12.2 Å². The average molecular weight is 597 g/mol. The number of benzene rings is 6. The van der Waals surface area contributed by atoms with E-state index in [2.05, 4.69) is 122 Å². The Hall–Kier alpha value is -5.22. The van der Waals surface area contributed by atoms with Crippen molar-refractivity contribution >= 4 is 27.8 Å². The van der Waals surface area contributed by atoms with Crippen LogP contribution in [0, 0.1) is 0 Å². The van der Waals surface area contributed by atoms with Crippen LogP contribution in [0.5, 0.6) is 0 Å². The Morgan fingerprint density at radius 3 is 2.17 bits per heavy atom. The van der Waals surface area contributed by atoms with Crippen LogP contribution in [0.3, 0.4) is 0 Å². The first-order valence-electron chi connectivity index (χ1n) is 16.0. The van der Waals surface area contributed by atoms with E-state index >= 15 is 0 Å². The predicted octanol–water partition coefficient (Wildman–Crippen LogP) is 10.6. The van der Waals surface area contributed by atoms with E-state index in [0.717, 1.165) is 27.9 Å². The minimum Gasteiger partial charge on any atom is -0.459 e. The Morgan fingerprint density at radius 1 is 0.652 bits per heavy atom. The van der Waals surface area contributed by atoms with Crippen LogP contribution in [0.1, 0.15) is 54.1 Å². The molecule has 7 aromatic rings. The number of hydrogen-bond acceptors (Lipinski definition) is 3. The van der Waals surface area contributed by atoms with Gasteiger partial charge >= 0.3 is 0 Å². The van der Waals surface area contributed by atoms with Crippen molar-refractivity contribution in [2.45, 2.75) is 31.5 Å². The minimum absolute atomic E-state index is 0.0782. The van der Waals surface area contributed by atoms with E-state index in [-0.39, 0.29) is 17.6 Å². The van der Waals surface area contributed by atoms with E-state index < -0.39 is 0 Å². The number of para-hydroxylation sites is 1. The zero-order chi connectivity index (χ0) is 31.3. The molecule has 2 atom stereocenters. The molecule has 1 heterocycles. The van der Waals surface area contributed by atoms with E-state index in [9.17, 15) is 0 Å². The summed E-state index contributed by atoms with van der Waals surface area (Å²) in [4.78, 5) is 0. The molecule has 1 aromatic heterocycles. The molecule has 0 bridgehead atoms. The Kier molecular flexibility index (Phi) is 6.94. The molecule has 3 nitrogen and oxygen atoms in total. The van der Waals surface area contributed by atoms with Gasteiger partial charge in [-0.05, 0) is 85.6 Å². The summed E-state index contributed by atoms with van der Waals surface area (Å²) in [6.07, 6.45) is 3.96. The summed E-state index contributed by atoms with van der Waals surface area (Å²) >= 11 is 0. The number of rotatable bonds is 7. The van der Waals surface area contributed by atoms with Crippen molar-refractivity contribution in [1.29, 1.82) is 0 Å². The molecule has 0 saturated heterocycles. The molecule has 0 radical (unpaired) electrons. The van der Waals surface area contributed by atoms with Crippen molar-refractivity contribution < 1.29 is 4.42 Å². The normalized spacial score (nSPS) is 14.8. The van der Waals surface area contributed by atoms with Crippen molar-refractivity contribution in [2.75, 3.05) is 0 Å². The highest BCUT2D eigenvalue weighted by Gasteiger charge is 2.37. The fraction of sp³-hybridized carbons (Fsp3) is 0.116. The fourth-order valence-corrected chi connectivity index (χ4v) is 7.07. The highest BCUT2D eigenvalue weighted by atomic mass is 16.3. The lowest BCUT2D eigenvalue weighted by Gasteiger charge is -2.22. The second-order valence-corrected chi connectivity index (χ2v) is 12.8. The topological polar surface area (TPSA) is 51.2 Å². The van der Waals surface area contributed by atoms with Gasteiger partial charge in [-0.1, -0.05) is 135 Å². The van der Waals surface area contributed by atoms with Gasteiger partial charge in [-0.25, -0.2) is 0 Å². The smallest absolute Gasteiger partial charge is 0.134 e. The van der Waals surface area contributed by atoms with Crippen LogP contribution >= 0.6 is 0 Å². The van der Waals surface area contributed by atoms with Gasteiger partial charge in [0.25, 0.3) is 0 Å². The van der Waals surface area contributed by atoms with Gasteiger partial charge in [-0.2, -0.15) is 0 Å². The third-order valence-electron chi connectivity index (χ3n) is 9.51. The van der Waals surface area contributed by atoms with Crippen LogP contribution in [-0.2, 0) is 5.41 Å². The molecule has 3 heteroatoms. The van der Waals surface area contributed by atoms with E-state index in [0.29, 0.717) is 0 Å². The highest BCUT2D eigenvalue weighted by molar-refractivity contribution is 5.98. The third-order valence-corrected chi connectivity index (χ3v) is 9.51. The molecule has 0 aliphatic heterocycles. The summed E-state index contributed by atoms with van der Waals surface area (Å²) in [7, 11) is 0. The standard InChI is InChI=1S/C43H36N2O/c1-43(2)36-20-11-19-34(41(36)35-25-30-15-6-7-16-31(30)26-37(35)43)32-18-10-12-28(24-32)22-23-38(45-42(44)29-13-4-3-5-14-29)40-27-33-17-8-9-21-39(33)46-40/h3-27,38,42,45H,44H2,1-2H3/b23-22+. The van der Waals surface area contributed by atoms with Crippen molar-refractivity contribution in [3.63, 3.8) is 0 Å². The van der Waals surface area contributed by atoms with Crippen LogP contribution in [-0.4, -0.2) is 0 Å². The summed E-state index contributed by atoms with van der Waals surface area (Å²) in [6.45, 7) is 4.70. The highest BCUT2D eigenvalue weighted by Crippen LogP contribution is 2.53. The number of furan rings is 1. The lowest BCUT2D eigenvalue weighted by atomic mass is 9.81. The number of nitrogens with one attached hydrogen (secondary N) is 1. The summed E-state index contributed by atoms with van der Waals surface area (Å²) < 4.78 is 6.31. The number of hydrogen-bond donors (Lipinski definition) is 2. The zero-order valence-electron chi connectivity index (χ0n) is 26.1. The van der Waals surface area contributed by atoms with Gasteiger partial charge < -0.3 is 10.2 Å². The van der Waals surface area contributed by atoms with Crippen LogP contribution in [0.4, 0.5) is 0 Å². The quantitative estimate of drug-likeness (QED) is 0.180. The maximum Gasteiger partial charge on any atom is 0.134 e. The van der Waals surface area contributed by atoms with E-state index in [1.807, 2.05) is 48.5 Å². The van der Waals surface area contributed by atoms with Crippen molar-refractivity contribution in [2.24, 2.45) is 5.73 Å². The third kappa shape index (κ3) is 4.95. The molecular formula is C43H36N2O. The minimum atomic E-state index is -0.359. The van der Waals surface area contributed by atoms with Crippen LogP contribution in [0.15, 0.2) is 150 Å². The molecule has 1 aliphatic rings. The maximum absolute atomic E-state index is 6.66. The van der Waals surface area contributed by atoms with Crippen LogP contribution in [0.2, 0.25) is 0 Å². The van der Waals surface area contributed by atoms with Crippen LogP contribution < -0.4 is 11.1 Å².